The van der Waals surface area contributed by atoms with Crippen LogP contribution in [0, 0.1) is 0 Å². The Labute approximate surface area is 129 Å². The summed E-state index contributed by atoms with van der Waals surface area (Å²) in [4.78, 5) is 12.0. The van der Waals surface area contributed by atoms with E-state index >= 15 is 0 Å². The average Bonchev–Trinajstić information content (AvgIpc) is 2.39. The molecule has 20 heavy (non-hydrogen) atoms. The lowest BCUT2D eigenvalue weighted by molar-refractivity contribution is 0.0981. The molecule has 0 aliphatic carbocycles. The van der Waals surface area contributed by atoms with Crippen molar-refractivity contribution in [3.8, 4) is 0 Å². The van der Waals surface area contributed by atoms with Crippen molar-refractivity contribution in [2.75, 3.05) is 0 Å². The van der Waals surface area contributed by atoms with Gasteiger partial charge in [-0.25, -0.2) is 13.1 Å². The number of hydrogen-bond donors (Lipinski definition) is 1. The molecule has 0 unspecified atom stereocenters. The normalized spacial score (nSPS) is 11.1. The molecule has 2 aromatic rings. The Balaban J connectivity index is 2.28. The molecule has 0 bridgehead atoms. The largest absolute Gasteiger partial charge is 0.268 e. The van der Waals surface area contributed by atoms with E-state index in [-0.39, 0.29) is 15.5 Å². The number of benzene rings is 2. The summed E-state index contributed by atoms with van der Waals surface area (Å²) in [6.45, 7) is 0. The van der Waals surface area contributed by atoms with Crippen molar-refractivity contribution >= 4 is 43.5 Å². The number of amides is 1. The van der Waals surface area contributed by atoms with E-state index in [0.29, 0.717) is 4.47 Å². The van der Waals surface area contributed by atoms with Gasteiger partial charge in [0.05, 0.1) is 15.5 Å². The van der Waals surface area contributed by atoms with Gasteiger partial charge in [-0.2, -0.15) is 0 Å². The molecule has 2 aromatic carbocycles. The molecule has 0 saturated carbocycles. The average molecular weight is 375 g/mol. The number of nitrogens with one attached hydrogen (secondary N) is 1. The molecule has 0 fully saturated rings. The summed E-state index contributed by atoms with van der Waals surface area (Å²) in [6.07, 6.45) is 0. The Morgan fingerprint density at radius 3 is 2.35 bits per heavy atom. The van der Waals surface area contributed by atoms with Gasteiger partial charge in [0.2, 0.25) is 0 Å². The van der Waals surface area contributed by atoms with Crippen LogP contribution in [-0.2, 0) is 10.0 Å². The Morgan fingerprint density at radius 1 is 1.10 bits per heavy atom. The lowest BCUT2D eigenvalue weighted by atomic mass is 10.2. The zero-order valence-electron chi connectivity index (χ0n) is 10.0. The fourth-order valence-corrected chi connectivity index (χ4v) is 3.26. The highest BCUT2D eigenvalue weighted by molar-refractivity contribution is 9.10. The summed E-state index contributed by atoms with van der Waals surface area (Å²) in [7, 11) is -3.90. The van der Waals surface area contributed by atoms with E-state index in [9.17, 15) is 13.2 Å². The van der Waals surface area contributed by atoms with Gasteiger partial charge >= 0.3 is 0 Å². The van der Waals surface area contributed by atoms with Gasteiger partial charge in [-0.05, 0) is 30.3 Å². The van der Waals surface area contributed by atoms with Crippen LogP contribution in [0.5, 0.6) is 0 Å². The van der Waals surface area contributed by atoms with Gasteiger partial charge in [0, 0.05) is 4.47 Å². The minimum absolute atomic E-state index is 0.0154. The standard InChI is InChI=1S/C13H9BrClNO3S/c14-9-6-7-11(12(15)8-9)13(17)16-20(18,19)10-4-2-1-3-5-10/h1-8H,(H,16,17). The summed E-state index contributed by atoms with van der Waals surface area (Å²) in [6, 6.07) is 12.2. The van der Waals surface area contributed by atoms with Gasteiger partial charge in [0.25, 0.3) is 15.9 Å². The number of halogens is 2. The Morgan fingerprint density at radius 2 is 1.75 bits per heavy atom. The molecule has 1 amide bonds. The molecule has 0 radical (unpaired) electrons. The van der Waals surface area contributed by atoms with E-state index in [4.69, 9.17) is 11.6 Å². The first-order valence-corrected chi connectivity index (χ1v) is 8.13. The molecule has 0 atom stereocenters. The highest BCUT2D eigenvalue weighted by Crippen LogP contribution is 2.21. The molecule has 7 heteroatoms. The minimum atomic E-state index is -3.90. The monoisotopic (exact) mass is 373 g/mol. The zero-order chi connectivity index (χ0) is 14.8. The van der Waals surface area contributed by atoms with E-state index in [1.165, 1.54) is 24.3 Å². The first-order chi connectivity index (χ1) is 9.40. The molecule has 0 saturated heterocycles. The Kier molecular flexibility index (Phi) is 4.47. The van der Waals surface area contributed by atoms with E-state index in [0.717, 1.165) is 0 Å². The molecule has 104 valence electrons. The molecule has 4 nitrogen and oxygen atoms in total. The van der Waals surface area contributed by atoms with Crippen LogP contribution in [0.25, 0.3) is 0 Å². The van der Waals surface area contributed by atoms with Crippen LogP contribution in [0.2, 0.25) is 5.02 Å². The molecular formula is C13H9BrClNO3S. The van der Waals surface area contributed by atoms with Crippen LogP contribution >= 0.6 is 27.5 Å². The van der Waals surface area contributed by atoms with Crippen LogP contribution in [0.4, 0.5) is 0 Å². The number of hydrogen-bond acceptors (Lipinski definition) is 3. The summed E-state index contributed by atoms with van der Waals surface area (Å²) in [5.74, 6) is -0.772. The molecular weight excluding hydrogens is 366 g/mol. The highest BCUT2D eigenvalue weighted by atomic mass is 79.9. The molecule has 0 aliphatic rings. The maximum absolute atomic E-state index is 12.0. The van der Waals surface area contributed by atoms with Crippen molar-refractivity contribution in [1.29, 1.82) is 0 Å². The maximum Gasteiger partial charge on any atom is 0.266 e. The second kappa shape index (κ2) is 5.95. The Bertz CT molecular complexity index is 747. The smallest absolute Gasteiger partial charge is 0.266 e. The highest BCUT2D eigenvalue weighted by Gasteiger charge is 2.19. The molecule has 0 spiro atoms. The summed E-state index contributed by atoms with van der Waals surface area (Å²) in [5, 5.41) is 0.167. The van der Waals surface area contributed by atoms with E-state index in [2.05, 4.69) is 15.9 Å². The Hall–Kier alpha value is -1.37. The molecule has 0 aliphatic heterocycles. The summed E-state index contributed by atoms with van der Waals surface area (Å²) in [5.41, 5.74) is 0.0920. The fourth-order valence-electron chi connectivity index (χ4n) is 1.51. The van der Waals surface area contributed by atoms with Crippen LogP contribution in [0.3, 0.4) is 0 Å². The summed E-state index contributed by atoms with van der Waals surface area (Å²) >= 11 is 9.12. The van der Waals surface area contributed by atoms with Gasteiger partial charge in [0.15, 0.2) is 0 Å². The van der Waals surface area contributed by atoms with Gasteiger partial charge in [-0.3, -0.25) is 4.79 Å². The fraction of sp³-hybridized carbons (Fsp3) is 0. The SMILES string of the molecule is O=C(NS(=O)(=O)c1ccccc1)c1ccc(Br)cc1Cl. The number of carbonyl (C=O) groups is 1. The number of carbonyl (C=O) groups excluding carboxylic acids is 1. The third kappa shape index (κ3) is 3.39. The van der Waals surface area contributed by atoms with Gasteiger partial charge in [0.1, 0.15) is 0 Å². The number of rotatable bonds is 3. The summed E-state index contributed by atoms with van der Waals surface area (Å²) < 4.78 is 26.7. The van der Waals surface area contributed by atoms with Crippen molar-refractivity contribution in [2.24, 2.45) is 0 Å². The maximum atomic E-state index is 12.0. The van der Waals surface area contributed by atoms with Crippen molar-refractivity contribution in [3.63, 3.8) is 0 Å². The van der Waals surface area contributed by atoms with Crippen molar-refractivity contribution in [3.05, 3.63) is 63.6 Å². The molecule has 2 rings (SSSR count). The first-order valence-electron chi connectivity index (χ1n) is 5.47. The predicted molar refractivity (Wildman–Crippen MR) is 80.2 cm³/mol. The van der Waals surface area contributed by atoms with Crippen molar-refractivity contribution in [2.45, 2.75) is 4.90 Å². The van der Waals surface area contributed by atoms with E-state index in [1.54, 1.807) is 24.3 Å². The lowest BCUT2D eigenvalue weighted by Gasteiger charge is -2.08. The predicted octanol–water partition coefficient (Wildman–Crippen LogP) is 3.22. The van der Waals surface area contributed by atoms with Crippen LogP contribution < -0.4 is 4.72 Å². The van der Waals surface area contributed by atoms with Crippen LogP contribution in [-0.4, -0.2) is 14.3 Å². The number of sulfonamides is 1. The second-order valence-electron chi connectivity index (χ2n) is 3.87. The zero-order valence-corrected chi connectivity index (χ0v) is 13.2. The van der Waals surface area contributed by atoms with Gasteiger partial charge in [-0.1, -0.05) is 45.7 Å². The quantitative estimate of drug-likeness (QED) is 0.897. The van der Waals surface area contributed by atoms with Crippen molar-refractivity contribution in [1.82, 2.24) is 4.72 Å². The van der Waals surface area contributed by atoms with Crippen LogP contribution in [0.1, 0.15) is 10.4 Å². The molecule has 0 heterocycles. The molecule has 1 N–H and O–H groups in total. The lowest BCUT2D eigenvalue weighted by Crippen LogP contribution is -2.30. The van der Waals surface area contributed by atoms with E-state index < -0.39 is 15.9 Å². The minimum Gasteiger partial charge on any atom is -0.268 e. The van der Waals surface area contributed by atoms with Crippen LogP contribution in [0.15, 0.2) is 57.9 Å². The topological polar surface area (TPSA) is 63.2 Å². The third-order valence-electron chi connectivity index (χ3n) is 2.46. The third-order valence-corrected chi connectivity index (χ3v) is 4.61. The first kappa shape index (κ1) is 15.0. The van der Waals surface area contributed by atoms with Crippen molar-refractivity contribution < 1.29 is 13.2 Å². The van der Waals surface area contributed by atoms with Gasteiger partial charge in [-0.15, -0.1) is 0 Å². The second-order valence-corrected chi connectivity index (χ2v) is 6.88. The van der Waals surface area contributed by atoms with Gasteiger partial charge < -0.3 is 0 Å². The van der Waals surface area contributed by atoms with E-state index in [1.807, 2.05) is 4.72 Å². The molecule has 0 aromatic heterocycles.